The van der Waals surface area contributed by atoms with Gasteiger partial charge in [0.1, 0.15) is 0 Å². The Hall–Kier alpha value is -1.06. The van der Waals surface area contributed by atoms with E-state index in [4.69, 9.17) is 10.2 Å². The van der Waals surface area contributed by atoms with Gasteiger partial charge < -0.3 is 10.2 Å². The molecule has 4 nitrogen and oxygen atoms in total. The van der Waals surface area contributed by atoms with E-state index in [1.807, 2.05) is 13.8 Å². The number of carboxylic acids is 2. The predicted molar refractivity (Wildman–Crippen MR) is 91.1 cm³/mol. The van der Waals surface area contributed by atoms with Crippen molar-refractivity contribution in [3.8, 4) is 0 Å². The molecule has 132 valence electrons. The van der Waals surface area contributed by atoms with Gasteiger partial charge in [-0.1, -0.05) is 53.4 Å². The highest BCUT2D eigenvalue weighted by Crippen LogP contribution is 2.29. The Bertz CT molecular complexity index is 299. The van der Waals surface area contributed by atoms with Crippen molar-refractivity contribution in [3.05, 3.63) is 0 Å². The first kappa shape index (κ1) is 23.2. The molecule has 0 heterocycles. The lowest BCUT2D eigenvalue weighted by atomic mass is 9.81. The van der Waals surface area contributed by atoms with Crippen LogP contribution in [0.1, 0.15) is 92.4 Å². The maximum atomic E-state index is 10.9. The minimum Gasteiger partial charge on any atom is -0.481 e. The van der Waals surface area contributed by atoms with Crippen LogP contribution in [0.15, 0.2) is 0 Å². The third-order valence-corrected chi connectivity index (χ3v) is 4.06. The van der Waals surface area contributed by atoms with Crippen molar-refractivity contribution >= 4 is 11.9 Å². The molecule has 0 amide bonds. The van der Waals surface area contributed by atoms with E-state index in [1.54, 1.807) is 0 Å². The number of unbranched alkanes of at least 4 members (excludes halogenated alkanes) is 4. The molecule has 0 fully saturated rings. The molecule has 22 heavy (non-hydrogen) atoms. The van der Waals surface area contributed by atoms with Gasteiger partial charge in [-0.15, -0.1) is 0 Å². The second-order valence-corrected chi connectivity index (χ2v) is 6.71. The van der Waals surface area contributed by atoms with Gasteiger partial charge in [0.15, 0.2) is 0 Å². The Morgan fingerprint density at radius 2 is 1.55 bits per heavy atom. The van der Waals surface area contributed by atoms with Gasteiger partial charge in [0.2, 0.25) is 0 Å². The molecule has 0 aliphatic rings. The molecule has 0 saturated carbocycles. The van der Waals surface area contributed by atoms with E-state index in [2.05, 4.69) is 20.8 Å². The molecule has 0 aliphatic heterocycles. The molecule has 0 aliphatic carbocycles. The molecule has 0 saturated heterocycles. The average molecular weight is 316 g/mol. The van der Waals surface area contributed by atoms with Crippen LogP contribution in [0.2, 0.25) is 0 Å². The van der Waals surface area contributed by atoms with Crippen molar-refractivity contribution in [2.75, 3.05) is 0 Å². The Balaban J connectivity index is 0. The molecule has 0 spiro atoms. The minimum absolute atomic E-state index is 0.337. The molecule has 1 atom stereocenters. The third-order valence-electron chi connectivity index (χ3n) is 4.06. The normalized spacial score (nSPS) is 13.2. The predicted octanol–water partition coefficient (Wildman–Crippen LogP) is 5.36. The van der Waals surface area contributed by atoms with Gasteiger partial charge in [-0.3, -0.25) is 9.59 Å². The lowest BCUT2D eigenvalue weighted by molar-refractivity contribution is -0.148. The smallest absolute Gasteiger partial charge is 0.309 e. The summed E-state index contributed by atoms with van der Waals surface area (Å²) in [6.45, 7) is 10.2. The van der Waals surface area contributed by atoms with Gasteiger partial charge in [-0.25, -0.2) is 0 Å². The molecule has 1 unspecified atom stereocenters. The number of carbonyl (C=O) groups is 2. The molecule has 0 bridgehead atoms. The number of aliphatic carboxylic acids is 2. The van der Waals surface area contributed by atoms with Crippen LogP contribution in [-0.4, -0.2) is 22.2 Å². The van der Waals surface area contributed by atoms with Crippen LogP contribution in [0.25, 0.3) is 0 Å². The van der Waals surface area contributed by atoms with E-state index in [0.29, 0.717) is 12.3 Å². The summed E-state index contributed by atoms with van der Waals surface area (Å²) in [7, 11) is 0. The standard InChI is InChI=1S/C10H20O2.C8H16O2/c1-5-10(4,9(11)12)7-6-8(2)3;1-2-3-4-5-6-7-8(9)10/h8H,5-7H2,1-4H3,(H,11,12);2-7H2,1H3,(H,9,10). The molecule has 0 aromatic rings. The third kappa shape index (κ3) is 13.9. The van der Waals surface area contributed by atoms with Gasteiger partial charge in [0.05, 0.1) is 5.41 Å². The van der Waals surface area contributed by atoms with E-state index in [-0.39, 0.29) is 0 Å². The van der Waals surface area contributed by atoms with Crippen LogP contribution in [0.4, 0.5) is 0 Å². The van der Waals surface area contributed by atoms with Gasteiger partial charge >= 0.3 is 11.9 Å². The maximum Gasteiger partial charge on any atom is 0.309 e. The van der Waals surface area contributed by atoms with Crippen LogP contribution in [0.3, 0.4) is 0 Å². The van der Waals surface area contributed by atoms with Crippen LogP contribution in [-0.2, 0) is 9.59 Å². The Morgan fingerprint density at radius 3 is 1.91 bits per heavy atom. The highest BCUT2D eigenvalue weighted by Gasteiger charge is 2.30. The number of carboxylic acid groups (broad SMARTS) is 2. The van der Waals surface area contributed by atoms with E-state index in [0.717, 1.165) is 32.1 Å². The molecule has 0 aromatic carbocycles. The van der Waals surface area contributed by atoms with Crippen molar-refractivity contribution < 1.29 is 19.8 Å². The van der Waals surface area contributed by atoms with Crippen LogP contribution >= 0.6 is 0 Å². The summed E-state index contributed by atoms with van der Waals surface area (Å²) in [5.41, 5.74) is -0.510. The lowest BCUT2D eigenvalue weighted by Gasteiger charge is -2.23. The van der Waals surface area contributed by atoms with Crippen molar-refractivity contribution in [3.63, 3.8) is 0 Å². The lowest BCUT2D eigenvalue weighted by Crippen LogP contribution is -2.26. The van der Waals surface area contributed by atoms with E-state index < -0.39 is 17.4 Å². The summed E-state index contributed by atoms with van der Waals surface area (Å²) in [6.07, 6.45) is 8.39. The summed E-state index contributed by atoms with van der Waals surface area (Å²) in [5.74, 6) is -0.739. The molecular formula is C18H36O4. The number of rotatable bonds is 11. The first-order chi connectivity index (χ1) is 10.2. The van der Waals surface area contributed by atoms with Crippen LogP contribution in [0.5, 0.6) is 0 Å². The molecular weight excluding hydrogens is 280 g/mol. The average Bonchev–Trinajstić information content (AvgIpc) is 2.44. The first-order valence-corrected chi connectivity index (χ1v) is 8.64. The number of hydrogen-bond acceptors (Lipinski definition) is 2. The van der Waals surface area contributed by atoms with Crippen LogP contribution in [0, 0.1) is 11.3 Å². The Morgan fingerprint density at radius 1 is 1.00 bits per heavy atom. The topological polar surface area (TPSA) is 74.6 Å². The fraction of sp³-hybridized carbons (Fsp3) is 0.889. The number of hydrogen-bond donors (Lipinski definition) is 2. The van der Waals surface area contributed by atoms with Crippen molar-refractivity contribution in [1.82, 2.24) is 0 Å². The van der Waals surface area contributed by atoms with Gasteiger partial charge in [-0.2, -0.15) is 0 Å². The van der Waals surface area contributed by atoms with Crippen molar-refractivity contribution in [1.29, 1.82) is 0 Å². The SMILES string of the molecule is CCC(C)(CCC(C)C)C(=O)O.CCCCCCCC(=O)O. The second-order valence-electron chi connectivity index (χ2n) is 6.71. The zero-order chi connectivity index (χ0) is 17.6. The zero-order valence-electron chi connectivity index (χ0n) is 15.2. The van der Waals surface area contributed by atoms with E-state index in [9.17, 15) is 9.59 Å². The monoisotopic (exact) mass is 316 g/mol. The first-order valence-electron chi connectivity index (χ1n) is 8.64. The fourth-order valence-corrected chi connectivity index (χ4v) is 1.92. The van der Waals surface area contributed by atoms with Crippen molar-refractivity contribution in [2.24, 2.45) is 11.3 Å². The molecule has 4 heteroatoms. The molecule has 0 aromatic heterocycles. The zero-order valence-corrected chi connectivity index (χ0v) is 15.2. The highest BCUT2D eigenvalue weighted by molar-refractivity contribution is 5.73. The Kier molecular flexibility index (Phi) is 14.3. The van der Waals surface area contributed by atoms with Gasteiger partial charge in [-0.05, 0) is 38.5 Å². The summed E-state index contributed by atoms with van der Waals surface area (Å²) < 4.78 is 0. The van der Waals surface area contributed by atoms with E-state index >= 15 is 0 Å². The van der Waals surface area contributed by atoms with Gasteiger partial charge in [0, 0.05) is 6.42 Å². The van der Waals surface area contributed by atoms with Gasteiger partial charge in [0.25, 0.3) is 0 Å². The van der Waals surface area contributed by atoms with Crippen molar-refractivity contribution in [2.45, 2.75) is 92.4 Å². The quantitative estimate of drug-likeness (QED) is 0.503. The largest absolute Gasteiger partial charge is 0.481 e. The highest BCUT2D eigenvalue weighted by atomic mass is 16.4. The summed E-state index contributed by atoms with van der Waals surface area (Å²) in [5, 5.41) is 17.2. The fourth-order valence-electron chi connectivity index (χ4n) is 1.92. The summed E-state index contributed by atoms with van der Waals surface area (Å²) in [4.78, 5) is 20.9. The molecule has 0 rings (SSSR count). The Labute approximate surface area is 136 Å². The van der Waals surface area contributed by atoms with E-state index in [1.165, 1.54) is 19.3 Å². The van der Waals surface area contributed by atoms with Crippen LogP contribution < -0.4 is 0 Å². The molecule has 2 N–H and O–H groups in total. The minimum atomic E-state index is -0.670. The summed E-state index contributed by atoms with van der Waals surface area (Å²) >= 11 is 0. The summed E-state index contributed by atoms with van der Waals surface area (Å²) in [6, 6.07) is 0. The maximum absolute atomic E-state index is 10.9. The molecule has 0 radical (unpaired) electrons. The second kappa shape index (κ2) is 13.6.